The Bertz CT molecular complexity index is 269. The molecule has 1 amide bonds. The highest BCUT2D eigenvalue weighted by Gasteiger charge is 2.19. The highest BCUT2D eigenvalue weighted by Crippen LogP contribution is 2.09. The molecule has 1 atom stereocenters. The molecule has 3 N–H and O–H groups in total. The van der Waals surface area contributed by atoms with Gasteiger partial charge in [-0.1, -0.05) is 0 Å². The maximum Gasteiger partial charge on any atom is 0.248 e. The highest BCUT2D eigenvalue weighted by molar-refractivity contribution is 5.93. The molecule has 4 nitrogen and oxygen atoms in total. The van der Waals surface area contributed by atoms with Crippen molar-refractivity contribution in [2.45, 2.75) is 32.7 Å². The second-order valence-corrected chi connectivity index (χ2v) is 4.38. The maximum atomic E-state index is 11.7. The van der Waals surface area contributed by atoms with E-state index in [4.69, 9.17) is 5.73 Å². The minimum Gasteiger partial charge on any atom is -0.402 e. The van der Waals surface area contributed by atoms with Crippen LogP contribution in [0.3, 0.4) is 0 Å². The van der Waals surface area contributed by atoms with Gasteiger partial charge in [0.05, 0.1) is 0 Å². The first-order valence-corrected chi connectivity index (χ1v) is 5.43. The van der Waals surface area contributed by atoms with Gasteiger partial charge in [0.1, 0.15) is 0 Å². The molecule has 1 heterocycles. The minimum absolute atomic E-state index is 0.0321. The summed E-state index contributed by atoms with van der Waals surface area (Å²) in [5, 5.41) is 3.01. The van der Waals surface area contributed by atoms with Gasteiger partial charge in [-0.15, -0.1) is 0 Å². The van der Waals surface area contributed by atoms with Crippen molar-refractivity contribution in [2.75, 3.05) is 20.1 Å². The van der Waals surface area contributed by atoms with E-state index in [-0.39, 0.29) is 11.9 Å². The number of hydrogen-bond donors (Lipinski definition) is 2. The number of nitrogens with two attached hydrogens (primary N) is 1. The number of piperidine rings is 1. The fourth-order valence-electron chi connectivity index (χ4n) is 1.76. The Kier molecular flexibility index (Phi) is 4.15. The van der Waals surface area contributed by atoms with Crippen LogP contribution in [0.25, 0.3) is 0 Å². The van der Waals surface area contributed by atoms with E-state index in [2.05, 4.69) is 17.3 Å². The van der Waals surface area contributed by atoms with Crippen LogP contribution in [0, 0.1) is 0 Å². The Labute approximate surface area is 91.5 Å². The predicted molar refractivity (Wildman–Crippen MR) is 61.2 cm³/mol. The number of rotatable bonds is 2. The first kappa shape index (κ1) is 12.0. The fourth-order valence-corrected chi connectivity index (χ4v) is 1.76. The third-order valence-corrected chi connectivity index (χ3v) is 2.89. The molecule has 0 spiro atoms. The molecule has 1 unspecified atom stereocenters. The Morgan fingerprint density at radius 2 is 2.13 bits per heavy atom. The summed E-state index contributed by atoms with van der Waals surface area (Å²) in [5.74, 6) is -0.0321. The summed E-state index contributed by atoms with van der Waals surface area (Å²) in [6.45, 7) is 5.57. The molecule has 0 aromatic heterocycles. The van der Waals surface area contributed by atoms with Crippen molar-refractivity contribution in [1.82, 2.24) is 10.2 Å². The van der Waals surface area contributed by atoms with Crippen molar-refractivity contribution in [3.05, 3.63) is 11.3 Å². The standard InChI is InChI=1S/C11H21N3O/c1-8(9(2)12)11(15)13-10-5-4-6-14(3)7-10/h10H,4-7,12H2,1-3H3,(H,13,15)/b9-8-. The lowest BCUT2D eigenvalue weighted by molar-refractivity contribution is -0.118. The lowest BCUT2D eigenvalue weighted by Crippen LogP contribution is -2.46. The smallest absolute Gasteiger partial charge is 0.248 e. The first-order chi connectivity index (χ1) is 7.00. The monoisotopic (exact) mass is 211 g/mol. The van der Waals surface area contributed by atoms with E-state index in [9.17, 15) is 4.79 Å². The van der Waals surface area contributed by atoms with Gasteiger partial charge < -0.3 is 16.0 Å². The summed E-state index contributed by atoms with van der Waals surface area (Å²) in [6.07, 6.45) is 2.21. The fraction of sp³-hybridized carbons (Fsp3) is 0.727. The van der Waals surface area contributed by atoms with Crippen molar-refractivity contribution in [3.8, 4) is 0 Å². The third kappa shape index (κ3) is 3.55. The molecule has 0 aromatic rings. The number of likely N-dealkylation sites (tertiary alicyclic amines) is 1. The Morgan fingerprint density at radius 1 is 1.47 bits per heavy atom. The van der Waals surface area contributed by atoms with Crippen LogP contribution in [-0.2, 0) is 4.79 Å². The average Bonchev–Trinajstić information content (AvgIpc) is 2.16. The molecular formula is C11H21N3O. The van der Waals surface area contributed by atoms with Gasteiger partial charge in [-0.2, -0.15) is 0 Å². The second kappa shape index (κ2) is 5.16. The van der Waals surface area contributed by atoms with Gasteiger partial charge in [-0.05, 0) is 40.3 Å². The van der Waals surface area contributed by atoms with Gasteiger partial charge in [0.2, 0.25) is 5.91 Å². The number of carbonyl (C=O) groups excluding carboxylic acids is 1. The van der Waals surface area contributed by atoms with E-state index >= 15 is 0 Å². The van der Waals surface area contributed by atoms with Crippen LogP contribution in [0.2, 0.25) is 0 Å². The quantitative estimate of drug-likeness (QED) is 0.652. The van der Waals surface area contributed by atoms with Gasteiger partial charge >= 0.3 is 0 Å². The lowest BCUT2D eigenvalue weighted by atomic mass is 10.1. The zero-order chi connectivity index (χ0) is 11.4. The Morgan fingerprint density at radius 3 is 2.67 bits per heavy atom. The van der Waals surface area contributed by atoms with Crippen LogP contribution in [0.15, 0.2) is 11.3 Å². The van der Waals surface area contributed by atoms with Crippen LogP contribution in [0.5, 0.6) is 0 Å². The Hall–Kier alpha value is -1.03. The van der Waals surface area contributed by atoms with E-state index in [0.717, 1.165) is 25.9 Å². The van der Waals surface area contributed by atoms with Gasteiger partial charge in [-0.25, -0.2) is 0 Å². The number of nitrogens with one attached hydrogen (secondary N) is 1. The molecule has 0 aromatic carbocycles. The van der Waals surface area contributed by atoms with Crippen molar-refractivity contribution >= 4 is 5.91 Å². The third-order valence-electron chi connectivity index (χ3n) is 2.89. The topological polar surface area (TPSA) is 58.4 Å². The zero-order valence-corrected chi connectivity index (χ0v) is 9.84. The molecule has 0 saturated carbocycles. The van der Waals surface area contributed by atoms with E-state index in [1.165, 1.54) is 0 Å². The molecular weight excluding hydrogens is 190 g/mol. The minimum atomic E-state index is -0.0321. The van der Waals surface area contributed by atoms with E-state index < -0.39 is 0 Å². The van der Waals surface area contributed by atoms with Crippen molar-refractivity contribution in [3.63, 3.8) is 0 Å². The van der Waals surface area contributed by atoms with E-state index in [1.54, 1.807) is 13.8 Å². The molecule has 15 heavy (non-hydrogen) atoms. The molecule has 86 valence electrons. The number of carbonyl (C=O) groups is 1. The number of amides is 1. The van der Waals surface area contributed by atoms with E-state index in [1.807, 2.05) is 0 Å². The average molecular weight is 211 g/mol. The summed E-state index contributed by atoms with van der Waals surface area (Å²) in [6, 6.07) is 0.269. The van der Waals surface area contributed by atoms with Crippen LogP contribution in [-0.4, -0.2) is 37.0 Å². The van der Waals surface area contributed by atoms with Crippen LogP contribution >= 0.6 is 0 Å². The van der Waals surface area contributed by atoms with Crippen molar-refractivity contribution in [1.29, 1.82) is 0 Å². The molecule has 1 aliphatic heterocycles. The zero-order valence-electron chi connectivity index (χ0n) is 9.84. The van der Waals surface area contributed by atoms with Crippen LogP contribution in [0.1, 0.15) is 26.7 Å². The van der Waals surface area contributed by atoms with Crippen molar-refractivity contribution < 1.29 is 4.79 Å². The summed E-state index contributed by atoms with van der Waals surface area (Å²) in [7, 11) is 2.08. The van der Waals surface area contributed by atoms with Gasteiger partial charge in [-0.3, -0.25) is 4.79 Å². The SMILES string of the molecule is C/C(N)=C(\C)C(=O)NC1CCCN(C)C1. The van der Waals surface area contributed by atoms with E-state index in [0.29, 0.717) is 11.3 Å². The Balaban J connectivity index is 2.48. The molecule has 1 rings (SSSR count). The molecule has 1 saturated heterocycles. The number of nitrogens with zero attached hydrogens (tertiary/aromatic N) is 1. The number of likely N-dealkylation sites (N-methyl/N-ethyl adjacent to an activating group) is 1. The van der Waals surface area contributed by atoms with Crippen LogP contribution in [0.4, 0.5) is 0 Å². The lowest BCUT2D eigenvalue weighted by Gasteiger charge is -2.30. The molecule has 0 aliphatic carbocycles. The summed E-state index contributed by atoms with van der Waals surface area (Å²) >= 11 is 0. The molecule has 0 bridgehead atoms. The molecule has 1 fully saturated rings. The van der Waals surface area contributed by atoms with Gasteiger partial charge in [0, 0.05) is 23.9 Å². The summed E-state index contributed by atoms with van der Waals surface area (Å²) < 4.78 is 0. The predicted octanol–water partition coefficient (Wildman–Crippen LogP) is 0.449. The van der Waals surface area contributed by atoms with Crippen LogP contribution < -0.4 is 11.1 Å². The normalized spacial score (nSPS) is 24.6. The second-order valence-electron chi connectivity index (χ2n) is 4.38. The van der Waals surface area contributed by atoms with Gasteiger partial charge in [0.25, 0.3) is 0 Å². The molecule has 4 heteroatoms. The highest BCUT2D eigenvalue weighted by atomic mass is 16.1. The largest absolute Gasteiger partial charge is 0.402 e. The van der Waals surface area contributed by atoms with Gasteiger partial charge in [0.15, 0.2) is 0 Å². The van der Waals surface area contributed by atoms with Crippen molar-refractivity contribution in [2.24, 2.45) is 5.73 Å². The number of allylic oxidation sites excluding steroid dienone is 1. The first-order valence-electron chi connectivity index (χ1n) is 5.43. The summed E-state index contributed by atoms with van der Waals surface area (Å²) in [4.78, 5) is 13.9. The molecule has 1 aliphatic rings. The molecule has 0 radical (unpaired) electrons. The maximum absolute atomic E-state index is 11.7. The number of hydrogen-bond acceptors (Lipinski definition) is 3. The summed E-state index contributed by atoms with van der Waals surface area (Å²) in [5.41, 5.74) is 6.80.